The third kappa shape index (κ3) is 3.21. The van der Waals surface area contributed by atoms with Gasteiger partial charge in [0.25, 0.3) is 0 Å². The molecule has 2 heterocycles. The second-order valence-corrected chi connectivity index (χ2v) is 5.21. The molecule has 2 nitrogen and oxygen atoms in total. The van der Waals surface area contributed by atoms with Crippen molar-refractivity contribution < 1.29 is 0 Å². The maximum atomic E-state index is 4.37. The first-order valence-corrected chi connectivity index (χ1v) is 6.76. The van der Waals surface area contributed by atoms with Gasteiger partial charge in [0.05, 0.1) is 5.69 Å². The molecule has 0 saturated carbocycles. The summed E-state index contributed by atoms with van der Waals surface area (Å²) in [7, 11) is 0. The molecule has 0 aliphatic carbocycles. The van der Waals surface area contributed by atoms with Crippen molar-refractivity contribution in [3.05, 3.63) is 30.1 Å². The summed E-state index contributed by atoms with van der Waals surface area (Å²) in [5.41, 5.74) is 1.15. The molecule has 1 fully saturated rings. The minimum Gasteiger partial charge on any atom is -0.305 e. The zero-order valence-electron chi connectivity index (χ0n) is 9.15. The summed E-state index contributed by atoms with van der Waals surface area (Å²) in [6, 6.07) is 7.15. The standard InChI is InChI=1S/C12H18N2S/c1-10(12-6-2-3-7-13-12)14-11-5-4-8-15-9-11/h2-3,6-7,10-11,14H,4-5,8-9H2,1H3/t10-,11-/m1/s1. The molecular formula is C12H18N2S. The fourth-order valence-electron chi connectivity index (χ4n) is 1.94. The number of hydrogen-bond acceptors (Lipinski definition) is 3. The highest BCUT2D eigenvalue weighted by molar-refractivity contribution is 7.99. The lowest BCUT2D eigenvalue weighted by molar-refractivity contribution is 0.447. The molecule has 82 valence electrons. The van der Waals surface area contributed by atoms with Crippen LogP contribution in [-0.2, 0) is 0 Å². The van der Waals surface area contributed by atoms with E-state index in [9.17, 15) is 0 Å². The van der Waals surface area contributed by atoms with Crippen LogP contribution in [0.1, 0.15) is 31.5 Å². The van der Waals surface area contributed by atoms with Crippen molar-refractivity contribution in [3.8, 4) is 0 Å². The number of nitrogens with one attached hydrogen (secondary N) is 1. The first-order valence-electron chi connectivity index (χ1n) is 5.61. The third-order valence-corrected chi connectivity index (χ3v) is 3.99. The molecule has 0 aromatic carbocycles. The molecule has 0 spiro atoms. The van der Waals surface area contributed by atoms with Gasteiger partial charge < -0.3 is 5.32 Å². The van der Waals surface area contributed by atoms with Gasteiger partial charge in [-0.15, -0.1) is 0 Å². The van der Waals surface area contributed by atoms with Crippen LogP contribution in [0.5, 0.6) is 0 Å². The normalized spacial score (nSPS) is 23.7. The number of rotatable bonds is 3. The average molecular weight is 222 g/mol. The Kier molecular flexibility index (Phi) is 4.03. The van der Waals surface area contributed by atoms with E-state index in [1.54, 1.807) is 0 Å². The SMILES string of the molecule is C[C@@H](N[C@@H]1CCCSC1)c1ccccn1. The molecule has 1 saturated heterocycles. The van der Waals surface area contributed by atoms with Crippen molar-refractivity contribution in [1.82, 2.24) is 10.3 Å². The van der Waals surface area contributed by atoms with Crippen LogP contribution in [0.3, 0.4) is 0 Å². The molecule has 0 amide bonds. The Hall–Kier alpha value is -0.540. The molecule has 2 atom stereocenters. The molecule has 1 aliphatic rings. The van der Waals surface area contributed by atoms with E-state index in [0.29, 0.717) is 12.1 Å². The van der Waals surface area contributed by atoms with Crippen LogP contribution in [0, 0.1) is 0 Å². The predicted molar refractivity (Wildman–Crippen MR) is 66.1 cm³/mol. The molecule has 0 radical (unpaired) electrons. The largest absolute Gasteiger partial charge is 0.305 e. The lowest BCUT2D eigenvalue weighted by atomic mass is 10.1. The molecule has 1 aromatic heterocycles. The number of pyridine rings is 1. The van der Waals surface area contributed by atoms with Gasteiger partial charge in [0.15, 0.2) is 0 Å². The van der Waals surface area contributed by atoms with Crippen LogP contribution in [0.15, 0.2) is 24.4 Å². The Balaban J connectivity index is 1.88. The van der Waals surface area contributed by atoms with Gasteiger partial charge in [-0.05, 0) is 37.7 Å². The summed E-state index contributed by atoms with van der Waals surface area (Å²) in [5.74, 6) is 2.58. The highest BCUT2D eigenvalue weighted by Crippen LogP contribution is 2.19. The summed E-state index contributed by atoms with van der Waals surface area (Å²) in [4.78, 5) is 4.37. The molecule has 15 heavy (non-hydrogen) atoms. The van der Waals surface area contributed by atoms with Crippen molar-refractivity contribution in [2.24, 2.45) is 0 Å². The number of hydrogen-bond donors (Lipinski definition) is 1. The zero-order valence-corrected chi connectivity index (χ0v) is 9.96. The van der Waals surface area contributed by atoms with Gasteiger partial charge in [0.2, 0.25) is 0 Å². The highest BCUT2D eigenvalue weighted by Gasteiger charge is 2.16. The van der Waals surface area contributed by atoms with E-state index in [1.165, 1.54) is 24.3 Å². The van der Waals surface area contributed by atoms with E-state index in [0.717, 1.165) is 5.69 Å². The van der Waals surface area contributed by atoms with Crippen molar-refractivity contribution in [2.45, 2.75) is 31.8 Å². The van der Waals surface area contributed by atoms with Crippen molar-refractivity contribution >= 4 is 11.8 Å². The molecule has 1 aliphatic heterocycles. The quantitative estimate of drug-likeness (QED) is 0.851. The first kappa shape index (κ1) is 11.0. The Labute approximate surface area is 95.9 Å². The number of aromatic nitrogens is 1. The van der Waals surface area contributed by atoms with E-state index in [2.05, 4.69) is 41.1 Å². The average Bonchev–Trinajstić information content (AvgIpc) is 2.31. The second kappa shape index (κ2) is 5.52. The minimum absolute atomic E-state index is 0.370. The maximum absolute atomic E-state index is 4.37. The third-order valence-electron chi connectivity index (χ3n) is 2.78. The van der Waals surface area contributed by atoms with Gasteiger partial charge in [-0.1, -0.05) is 6.07 Å². The van der Waals surface area contributed by atoms with Gasteiger partial charge in [-0.2, -0.15) is 11.8 Å². The van der Waals surface area contributed by atoms with E-state index in [1.807, 2.05) is 12.3 Å². The highest BCUT2D eigenvalue weighted by atomic mass is 32.2. The van der Waals surface area contributed by atoms with Gasteiger partial charge >= 0.3 is 0 Å². The topological polar surface area (TPSA) is 24.9 Å². The summed E-state index contributed by atoms with van der Waals surface area (Å²) < 4.78 is 0. The van der Waals surface area contributed by atoms with E-state index < -0.39 is 0 Å². The Morgan fingerprint density at radius 3 is 3.13 bits per heavy atom. The minimum atomic E-state index is 0.370. The van der Waals surface area contributed by atoms with Crippen molar-refractivity contribution in [2.75, 3.05) is 11.5 Å². The molecule has 0 bridgehead atoms. The maximum Gasteiger partial charge on any atom is 0.0570 e. The molecule has 1 N–H and O–H groups in total. The Morgan fingerprint density at radius 1 is 1.53 bits per heavy atom. The summed E-state index contributed by atoms with van der Waals surface area (Å²) in [5, 5.41) is 3.65. The van der Waals surface area contributed by atoms with Gasteiger partial charge in [0, 0.05) is 24.0 Å². The van der Waals surface area contributed by atoms with Gasteiger partial charge in [0.1, 0.15) is 0 Å². The molecule has 1 aromatic rings. The van der Waals surface area contributed by atoms with Gasteiger partial charge in [-0.3, -0.25) is 4.98 Å². The van der Waals surface area contributed by atoms with Crippen LogP contribution >= 0.6 is 11.8 Å². The first-order chi connectivity index (χ1) is 7.36. The van der Waals surface area contributed by atoms with Crippen LogP contribution in [0.25, 0.3) is 0 Å². The predicted octanol–water partition coefficient (Wildman–Crippen LogP) is 2.63. The van der Waals surface area contributed by atoms with Crippen LogP contribution < -0.4 is 5.32 Å². The monoisotopic (exact) mass is 222 g/mol. The Morgan fingerprint density at radius 2 is 2.47 bits per heavy atom. The second-order valence-electron chi connectivity index (χ2n) is 4.06. The van der Waals surface area contributed by atoms with Crippen molar-refractivity contribution in [3.63, 3.8) is 0 Å². The lowest BCUT2D eigenvalue weighted by Gasteiger charge is -2.26. The molecule has 3 heteroatoms. The van der Waals surface area contributed by atoms with E-state index in [-0.39, 0.29) is 0 Å². The van der Waals surface area contributed by atoms with E-state index in [4.69, 9.17) is 0 Å². The number of thioether (sulfide) groups is 1. The zero-order chi connectivity index (χ0) is 10.5. The molecule has 0 unspecified atom stereocenters. The van der Waals surface area contributed by atoms with Crippen molar-refractivity contribution in [1.29, 1.82) is 0 Å². The summed E-state index contributed by atoms with van der Waals surface area (Å²) in [6.45, 7) is 2.20. The fraction of sp³-hybridized carbons (Fsp3) is 0.583. The molecule has 2 rings (SSSR count). The summed E-state index contributed by atoms with van der Waals surface area (Å²) >= 11 is 2.06. The van der Waals surface area contributed by atoms with E-state index >= 15 is 0 Å². The smallest absolute Gasteiger partial charge is 0.0570 e. The van der Waals surface area contributed by atoms with Crippen LogP contribution in [0.2, 0.25) is 0 Å². The van der Waals surface area contributed by atoms with Crippen LogP contribution in [-0.4, -0.2) is 22.5 Å². The Bertz CT molecular complexity index is 283. The van der Waals surface area contributed by atoms with Crippen LogP contribution in [0.4, 0.5) is 0 Å². The molecular weight excluding hydrogens is 204 g/mol. The van der Waals surface area contributed by atoms with Gasteiger partial charge in [-0.25, -0.2) is 0 Å². The summed E-state index contributed by atoms with van der Waals surface area (Å²) in [6.07, 6.45) is 4.52. The number of nitrogens with zero attached hydrogens (tertiary/aromatic N) is 1. The fourth-order valence-corrected chi connectivity index (χ4v) is 3.03. The lowest BCUT2D eigenvalue weighted by Crippen LogP contribution is -2.35.